The molecule has 1 heterocycles. The number of amides is 1. The average molecular weight is 366 g/mol. The van der Waals surface area contributed by atoms with Gasteiger partial charge in [0.2, 0.25) is 5.91 Å². The van der Waals surface area contributed by atoms with Gasteiger partial charge in [-0.2, -0.15) is 0 Å². The van der Waals surface area contributed by atoms with Gasteiger partial charge in [0.25, 0.3) is 5.56 Å². The molecule has 1 unspecified atom stereocenters. The first-order chi connectivity index (χ1) is 12.6. The fraction of sp³-hybridized carbons (Fsp3) is 0.158. The first kappa shape index (κ1) is 17.9. The molecular weight excluding hydrogens is 348 g/mol. The number of aromatic amines is 1. The van der Waals surface area contributed by atoms with Gasteiger partial charge in [0.1, 0.15) is 0 Å². The smallest absolute Gasteiger partial charge is 0.278 e. The number of benzene rings is 2. The molecule has 3 aromatic rings. The van der Waals surface area contributed by atoms with Gasteiger partial charge in [-0.05, 0) is 12.5 Å². The molecule has 0 aliphatic heterocycles. The van der Waals surface area contributed by atoms with Crippen molar-refractivity contribution in [2.45, 2.75) is 18.1 Å². The van der Waals surface area contributed by atoms with Crippen LogP contribution in [0.3, 0.4) is 0 Å². The van der Waals surface area contributed by atoms with Crippen LogP contribution in [0.15, 0.2) is 70.6 Å². The topological polar surface area (TPSA) is 87.7 Å². The summed E-state index contributed by atoms with van der Waals surface area (Å²) in [6, 6.07) is 18.8. The number of nitrogens with zero attached hydrogens (tertiary/aromatic N) is 2. The van der Waals surface area contributed by atoms with Crippen molar-refractivity contribution < 1.29 is 4.79 Å². The number of thioether (sulfide) groups is 1. The number of hydrogen-bond donors (Lipinski definition) is 2. The predicted molar refractivity (Wildman–Crippen MR) is 102 cm³/mol. The van der Waals surface area contributed by atoms with Crippen LogP contribution in [-0.4, -0.2) is 26.8 Å². The van der Waals surface area contributed by atoms with Crippen molar-refractivity contribution in [1.82, 2.24) is 20.5 Å². The summed E-state index contributed by atoms with van der Waals surface area (Å²) in [4.78, 5) is 26.9. The highest BCUT2D eigenvalue weighted by molar-refractivity contribution is 7.99. The second-order valence-corrected chi connectivity index (χ2v) is 6.63. The Morgan fingerprint density at radius 1 is 1.08 bits per heavy atom. The third-order valence-corrected chi connectivity index (χ3v) is 4.60. The van der Waals surface area contributed by atoms with Crippen molar-refractivity contribution >= 4 is 17.7 Å². The fourth-order valence-corrected chi connectivity index (χ4v) is 3.03. The average Bonchev–Trinajstić information content (AvgIpc) is 2.68. The highest BCUT2D eigenvalue weighted by Crippen LogP contribution is 2.15. The lowest BCUT2D eigenvalue weighted by molar-refractivity contribution is -0.119. The lowest BCUT2D eigenvalue weighted by Gasteiger charge is -2.13. The summed E-state index contributed by atoms with van der Waals surface area (Å²) < 4.78 is 0. The van der Waals surface area contributed by atoms with Crippen LogP contribution in [0.5, 0.6) is 0 Å². The number of hydrogen-bond acceptors (Lipinski definition) is 5. The minimum atomic E-state index is -0.327. The standard InChI is InChI=1S/C19H18N4O2S/c1-13(14-8-4-2-5-9-14)20-16(24)12-26-19-21-18(25)17(22-23-19)15-10-6-3-7-11-15/h2-11,13H,12H2,1H3,(H,20,24)(H,21,23,25). The van der Waals surface area contributed by atoms with E-state index in [0.29, 0.717) is 10.7 Å². The molecule has 7 heteroatoms. The maximum Gasteiger partial charge on any atom is 0.278 e. The molecular formula is C19H18N4O2S. The van der Waals surface area contributed by atoms with Gasteiger partial charge in [0.05, 0.1) is 11.8 Å². The summed E-state index contributed by atoms with van der Waals surface area (Å²) in [6.07, 6.45) is 0. The zero-order valence-electron chi connectivity index (χ0n) is 14.2. The van der Waals surface area contributed by atoms with E-state index < -0.39 is 0 Å². The fourth-order valence-electron chi connectivity index (χ4n) is 2.41. The van der Waals surface area contributed by atoms with Crippen LogP contribution >= 0.6 is 11.8 Å². The molecule has 6 nitrogen and oxygen atoms in total. The zero-order chi connectivity index (χ0) is 18.4. The van der Waals surface area contributed by atoms with Gasteiger partial charge < -0.3 is 5.32 Å². The van der Waals surface area contributed by atoms with Gasteiger partial charge in [0, 0.05) is 5.56 Å². The quantitative estimate of drug-likeness (QED) is 0.655. The van der Waals surface area contributed by atoms with Crippen molar-refractivity contribution in [3.8, 4) is 11.3 Å². The number of carbonyl (C=O) groups excluding carboxylic acids is 1. The Morgan fingerprint density at radius 3 is 2.38 bits per heavy atom. The highest BCUT2D eigenvalue weighted by Gasteiger charge is 2.12. The van der Waals surface area contributed by atoms with Crippen LogP contribution in [0, 0.1) is 0 Å². The highest BCUT2D eigenvalue weighted by atomic mass is 32.2. The molecule has 1 atom stereocenters. The minimum absolute atomic E-state index is 0.0881. The third kappa shape index (κ3) is 4.58. The lowest BCUT2D eigenvalue weighted by Crippen LogP contribution is -2.28. The van der Waals surface area contributed by atoms with Gasteiger partial charge in [0.15, 0.2) is 10.9 Å². The molecule has 1 aromatic heterocycles. The Labute approximate surface area is 155 Å². The first-order valence-corrected chi connectivity index (χ1v) is 9.11. The molecule has 3 rings (SSSR count). The second kappa shape index (κ2) is 8.44. The summed E-state index contributed by atoms with van der Waals surface area (Å²) in [5.74, 6) is 0.00748. The Bertz CT molecular complexity index is 929. The van der Waals surface area contributed by atoms with Crippen molar-refractivity contribution in [3.63, 3.8) is 0 Å². The van der Waals surface area contributed by atoms with Crippen LogP contribution in [0.1, 0.15) is 18.5 Å². The van der Waals surface area contributed by atoms with Gasteiger partial charge in [-0.15, -0.1) is 10.2 Å². The zero-order valence-corrected chi connectivity index (χ0v) is 15.0. The molecule has 0 fully saturated rings. The summed E-state index contributed by atoms with van der Waals surface area (Å²) in [5.41, 5.74) is 1.67. The molecule has 0 bridgehead atoms. The number of nitrogens with one attached hydrogen (secondary N) is 2. The first-order valence-electron chi connectivity index (χ1n) is 8.13. The van der Waals surface area contributed by atoms with Crippen molar-refractivity contribution in [1.29, 1.82) is 0 Å². The van der Waals surface area contributed by atoms with Crippen molar-refractivity contribution in [3.05, 3.63) is 76.6 Å². The van der Waals surface area contributed by atoms with Gasteiger partial charge >= 0.3 is 0 Å². The maximum atomic E-state index is 12.2. The Balaban J connectivity index is 1.59. The van der Waals surface area contributed by atoms with Crippen LogP contribution < -0.4 is 10.9 Å². The molecule has 1 amide bonds. The third-order valence-electron chi connectivity index (χ3n) is 3.74. The van der Waals surface area contributed by atoms with Crippen molar-refractivity contribution in [2.24, 2.45) is 0 Å². The minimum Gasteiger partial charge on any atom is -0.349 e. The summed E-state index contributed by atoms with van der Waals surface area (Å²) in [7, 11) is 0. The van der Waals surface area contributed by atoms with Gasteiger partial charge in [-0.25, -0.2) is 0 Å². The van der Waals surface area contributed by atoms with Crippen molar-refractivity contribution in [2.75, 3.05) is 5.75 Å². The lowest BCUT2D eigenvalue weighted by atomic mass is 10.1. The van der Waals surface area contributed by atoms with Crippen LogP contribution in [-0.2, 0) is 4.79 Å². The SMILES string of the molecule is CC(NC(=O)CSc1nnc(-c2ccccc2)c(=O)[nH]1)c1ccccc1. The van der Waals surface area contributed by atoms with E-state index in [2.05, 4.69) is 20.5 Å². The van der Waals surface area contributed by atoms with E-state index in [1.54, 1.807) is 12.1 Å². The van der Waals surface area contributed by atoms with E-state index in [0.717, 1.165) is 17.3 Å². The molecule has 26 heavy (non-hydrogen) atoms. The van der Waals surface area contributed by atoms with Crippen LogP contribution in [0.25, 0.3) is 11.3 Å². The van der Waals surface area contributed by atoms with Gasteiger partial charge in [-0.1, -0.05) is 72.4 Å². The van der Waals surface area contributed by atoms with Crippen LogP contribution in [0.2, 0.25) is 0 Å². The Morgan fingerprint density at radius 2 is 1.73 bits per heavy atom. The largest absolute Gasteiger partial charge is 0.349 e. The molecule has 0 saturated heterocycles. The van der Waals surface area contributed by atoms with E-state index in [1.807, 2.05) is 55.5 Å². The summed E-state index contributed by atoms with van der Waals surface area (Å²) >= 11 is 1.14. The van der Waals surface area contributed by atoms with Crippen LogP contribution in [0.4, 0.5) is 0 Å². The molecule has 0 saturated carbocycles. The normalized spacial score (nSPS) is 11.7. The van der Waals surface area contributed by atoms with E-state index >= 15 is 0 Å². The second-order valence-electron chi connectivity index (χ2n) is 5.66. The summed E-state index contributed by atoms with van der Waals surface area (Å²) in [5, 5.41) is 11.2. The van der Waals surface area contributed by atoms with E-state index in [-0.39, 0.29) is 29.0 Å². The molecule has 2 aromatic carbocycles. The Hall–Kier alpha value is -2.93. The number of aromatic nitrogens is 3. The monoisotopic (exact) mass is 366 g/mol. The summed E-state index contributed by atoms with van der Waals surface area (Å²) in [6.45, 7) is 1.92. The number of rotatable bonds is 6. The van der Waals surface area contributed by atoms with E-state index in [4.69, 9.17) is 0 Å². The predicted octanol–water partition coefficient (Wildman–Crippen LogP) is 2.80. The number of H-pyrrole nitrogens is 1. The Kier molecular flexibility index (Phi) is 5.80. The van der Waals surface area contributed by atoms with E-state index in [1.165, 1.54) is 0 Å². The molecule has 0 radical (unpaired) electrons. The maximum absolute atomic E-state index is 12.2. The molecule has 0 spiro atoms. The molecule has 0 aliphatic carbocycles. The molecule has 2 N–H and O–H groups in total. The number of carbonyl (C=O) groups is 1. The molecule has 132 valence electrons. The van der Waals surface area contributed by atoms with Gasteiger partial charge in [-0.3, -0.25) is 14.6 Å². The van der Waals surface area contributed by atoms with E-state index in [9.17, 15) is 9.59 Å². The molecule has 0 aliphatic rings.